The lowest BCUT2D eigenvalue weighted by molar-refractivity contribution is 0.0909. The van der Waals surface area contributed by atoms with Gasteiger partial charge in [0.1, 0.15) is 0 Å². The maximum Gasteiger partial charge on any atom is 0.253 e. The van der Waals surface area contributed by atoms with E-state index in [9.17, 15) is 4.79 Å². The molecule has 1 fully saturated rings. The van der Waals surface area contributed by atoms with Gasteiger partial charge in [-0.05, 0) is 42.7 Å². The highest BCUT2D eigenvalue weighted by molar-refractivity contribution is 6.36. The number of pyridine rings is 1. The third-order valence-corrected chi connectivity index (χ3v) is 4.78. The summed E-state index contributed by atoms with van der Waals surface area (Å²) >= 11 is 12.0. The van der Waals surface area contributed by atoms with Crippen LogP contribution in [0.4, 0.5) is 0 Å². The minimum absolute atomic E-state index is 0.137. The van der Waals surface area contributed by atoms with Crippen LogP contribution in [0.3, 0.4) is 0 Å². The van der Waals surface area contributed by atoms with Crippen LogP contribution in [0.5, 0.6) is 0 Å². The summed E-state index contributed by atoms with van der Waals surface area (Å²) < 4.78 is 0. The van der Waals surface area contributed by atoms with E-state index in [2.05, 4.69) is 21.3 Å². The second-order valence-corrected chi connectivity index (χ2v) is 6.85. The average Bonchev–Trinajstić information content (AvgIpc) is 2.57. The molecular weight excluding hydrogens is 345 g/mol. The quantitative estimate of drug-likeness (QED) is 0.898. The predicted octanol–water partition coefficient (Wildman–Crippen LogP) is 3.78. The third kappa shape index (κ3) is 4.47. The summed E-state index contributed by atoms with van der Waals surface area (Å²) in [6, 6.07) is 9.15. The van der Waals surface area contributed by atoms with Crippen molar-refractivity contribution >= 4 is 29.1 Å². The minimum Gasteiger partial charge on any atom is -0.349 e. The molecule has 4 nitrogen and oxygen atoms in total. The summed E-state index contributed by atoms with van der Waals surface area (Å²) in [6.45, 7) is 2.81. The maximum absolute atomic E-state index is 12.4. The smallest absolute Gasteiger partial charge is 0.253 e. The summed E-state index contributed by atoms with van der Waals surface area (Å²) in [4.78, 5) is 18.9. The van der Waals surface area contributed by atoms with Crippen molar-refractivity contribution in [3.05, 3.63) is 63.9 Å². The Labute approximate surface area is 151 Å². The number of nitrogens with zero attached hydrogens (tertiary/aromatic N) is 2. The van der Waals surface area contributed by atoms with Gasteiger partial charge in [-0.2, -0.15) is 0 Å². The molecule has 0 bridgehead atoms. The Hall–Kier alpha value is -1.62. The lowest BCUT2D eigenvalue weighted by Gasteiger charge is -2.32. The summed E-state index contributed by atoms with van der Waals surface area (Å²) in [5, 5.41) is 3.99. The van der Waals surface area contributed by atoms with Crippen LogP contribution >= 0.6 is 23.2 Å². The number of carbonyl (C=O) groups is 1. The number of hydrogen-bond donors (Lipinski definition) is 1. The fourth-order valence-corrected chi connectivity index (χ4v) is 3.42. The van der Waals surface area contributed by atoms with Crippen molar-refractivity contribution in [3.8, 4) is 0 Å². The molecule has 6 heteroatoms. The first-order chi connectivity index (χ1) is 11.6. The Kier molecular flexibility index (Phi) is 5.72. The van der Waals surface area contributed by atoms with Gasteiger partial charge in [-0.25, -0.2) is 0 Å². The van der Waals surface area contributed by atoms with Crippen molar-refractivity contribution in [2.45, 2.75) is 25.4 Å². The Balaban J connectivity index is 1.51. The second-order valence-electron chi connectivity index (χ2n) is 6.01. The van der Waals surface area contributed by atoms with Crippen LogP contribution in [0.1, 0.15) is 28.8 Å². The maximum atomic E-state index is 12.4. The highest BCUT2D eigenvalue weighted by Gasteiger charge is 2.22. The van der Waals surface area contributed by atoms with Gasteiger partial charge < -0.3 is 5.32 Å². The Morgan fingerprint density at radius 3 is 2.71 bits per heavy atom. The molecule has 0 atom stereocenters. The number of nitrogens with one attached hydrogen (secondary N) is 1. The lowest BCUT2D eigenvalue weighted by atomic mass is 10.0. The van der Waals surface area contributed by atoms with E-state index in [1.54, 1.807) is 24.4 Å². The zero-order valence-corrected chi connectivity index (χ0v) is 14.7. The number of halogens is 2. The van der Waals surface area contributed by atoms with Crippen molar-refractivity contribution in [2.75, 3.05) is 13.1 Å². The van der Waals surface area contributed by atoms with Crippen LogP contribution in [0.2, 0.25) is 10.0 Å². The van der Waals surface area contributed by atoms with E-state index in [1.807, 2.05) is 12.3 Å². The number of likely N-dealkylation sites (tertiary alicyclic amines) is 1. The van der Waals surface area contributed by atoms with Crippen LogP contribution in [-0.4, -0.2) is 34.9 Å². The lowest BCUT2D eigenvalue weighted by Crippen LogP contribution is -2.44. The van der Waals surface area contributed by atoms with E-state index in [4.69, 9.17) is 23.2 Å². The molecule has 2 heterocycles. The normalized spacial score (nSPS) is 16.1. The van der Waals surface area contributed by atoms with Gasteiger partial charge in [0.05, 0.1) is 10.6 Å². The monoisotopic (exact) mass is 363 g/mol. The Bertz CT molecular complexity index is 701. The van der Waals surface area contributed by atoms with Crippen molar-refractivity contribution in [1.29, 1.82) is 0 Å². The van der Waals surface area contributed by atoms with Gasteiger partial charge >= 0.3 is 0 Å². The molecular formula is C18H19Cl2N3O. The van der Waals surface area contributed by atoms with E-state index in [-0.39, 0.29) is 11.9 Å². The van der Waals surface area contributed by atoms with Gasteiger partial charge in [-0.15, -0.1) is 0 Å². The largest absolute Gasteiger partial charge is 0.349 e. The van der Waals surface area contributed by atoms with Crippen molar-refractivity contribution in [1.82, 2.24) is 15.2 Å². The molecule has 126 valence electrons. The van der Waals surface area contributed by atoms with Crippen molar-refractivity contribution < 1.29 is 4.79 Å². The highest BCUT2D eigenvalue weighted by Crippen LogP contribution is 2.21. The van der Waals surface area contributed by atoms with Gasteiger partial charge in [0.2, 0.25) is 0 Å². The molecule has 0 radical (unpaired) electrons. The molecule has 1 amide bonds. The topological polar surface area (TPSA) is 45.2 Å². The van der Waals surface area contributed by atoms with Crippen LogP contribution in [-0.2, 0) is 6.54 Å². The zero-order chi connectivity index (χ0) is 16.9. The van der Waals surface area contributed by atoms with Gasteiger partial charge in [0.25, 0.3) is 5.91 Å². The number of hydrogen-bond acceptors (Lipinski definition) is 3. The number of amides is 1. The number of carbonyl (C=O) groups excluding carboxylic acids is 1. The fourth-order valence-electron chi connectivity index (χ4n) is 2.92. The van der Waals surface area contributed by atoms with Crippen LogP contribution in [0.25, 0.3) is 0 Å². The molecule has 24 heavy (non-hydrogen) atoms. The average molecular weight is 364 g/mol. The Morgan fingerprint density at radius 2 is 2.04 bits per heavy atom. The summed E-state index contributed by atoms with van der Waals surface area (Å²) in [6.07, 6.45) is 5.54. The predicted molar refractivity (Wildman–Crippen MR) is 96.5 cm³/mol. The third-order valence-electron chi connectivity index (χ3n) is 4.23. The summed E-state index contributed by atoms with van der Waals surface area (Å²) in [5.41, 5.74) is 1.69. The van der Waals surface area contributed by atoms with E-state index in [1.165, 1.54) is 5.56 Å². The van der Waals surface area contributed by atoms with Crippen LogP contribution in [0.15, 0.2) is 42.7 Å². The number of rotatable bonds is 4. The van der Waals surface area contributed by atoms with Crippen LogP contribution in [0, 0.1) is 0 Å². The van der Waals surface area contributed by atoms with E-state index < -0.39 is 0 Å². The molecule has 1 aliphatic heterocycles. The molecule has 1 aromatic heterocycles. The number of benzene rings is 1. The number of aromatic nitrogens is 1. The van der Waals surface area contributed by atoms with Gasteiger partial charge in [-0.1, -0.05) is 29.3 Å². The first kappa shape index (κ1) is 17.2. The zero-order valence-electron chi connectivity index (χ0n) is 13.2. The molecule has 3 rings (SSSR count). The van der Waals surface area contributed by atoms with Gasteiger partial charge in [0, 0.05) is 43.1 Å². The number of piperidine rings is 1. The molecule has 0 unspecified atom stereocenters. The van der Waals surface area contributed by atoms with Gasteiger partial charge in [0.15, 0.2) is 0 Å². The van der Waals surface area contributed by atoms with E-state index in [0.29, 0.717) is 15.6 Å². The molecule has 0 spiro atoms. The van der Waals surface area contributed by atoms with E-state index >= 15 is 0 Å². The first-order valence-corrected chi connectivity index (χ1v) is 8.74. The molecule has 0 saturated carbocycles. The summed E-state index contributed by atoms with van der Waals surface area (Å²) in [5.74, 6) is -0.137. The molecule has 1 N–H and O–H groups in total. The molecule has 2 aromatic rings. The first-order valence-electron chi connectivity index (χ1n) is 7.99. The molecule has 0 aliphatic carbocycles. The van der Waals surface area contributed by atoms with Crippen molar-refractivity contribution in [2.24, 2.45) is 0 Å². The van der Waals surface area contributed by atoms with E-state index in [0.717, 1.165) is 32.5 Å². The fraction of sp³-hybridized carbons (Fsp3) is 0.333. The van der Waals surface area contributed by atoms with Crippen LogP contribution < -0.4 is 5.32 Å². The van der Waals surface area contributed by atoms with Gasteiger partial charge in [-0.3, -0.25) is 14.7 Å². The van der Waals surface area contributed by atoms with Crippen molar-refractivity contribution in [3.63, 3.8) is 0 Å². The second kappa shape index (κ2) is 7.97. The molecule has 1 aliphatic rings. The highest BCUT2D eigenvalue weighted by atomic mass is 35.5. The minimum atomic E-state index is -0.137. The molecule has 1 aromatic carbocycles. The molecule has 1 saturated heterocycles. The summed E-state index contributed by atoms with van der Waals surface area (Å²) in [7, 11) is 0. The Morgan fingerprint density at radius 1 is 1.25 bits per heavy atom. The SMILES string of the molecule is O=C(NC1CCN(Cc2cccnc2)CC1)c1ccc(Cl)cc1Cl. The standard InChI is InChI=1S/C18H19Cl2N3O/c19-14-3-4-16(17(20)10-14)18(24)22-15-5-8-23(9-6-15)12-13-2-1-7-21-11-13/h1-4,7,10-11,15H,5-6,8-9,12H2,(H,22,24).